The number of carboxylic acid groups (broad SMARTS) is 1. The maximum Gasteiger partial charge on any atom is 0.326 e. The summed E-state index contributed by atoms with van der Waals surface area (Å²) in [4.78, 5) is 37.8. The van der Waals surface area contributed by atoms with Crippen LogP contribution in [0.2, 0.25) is 0 Å². The molecule has 5 atom stereocenters. The van der Waals surface area contributed by atoms with Gasteiger partial charge >= 0.3 is 11.9 Å². The quantitative estimate of drug-likeness (QED) is 0.797. The molecule has 0 radical (unpaired) electrons. The van der Waals surface area contributed by atoms with Crippen molar-refractivity contribution >= 4 is 17.8 Å². The SMILES string of the molecule is COC(=O)[C@@H]1CC[C@@H]1C(=O)N1C(C(=O)O)CC2CCCCC21. The summed E-state index contributed by atoms with van der Waals surface area (Å²) in [5.74, 6) is -1.91. The molecule has 0 aromatic rings. The van der Waals surface area contributed by atoms with Crippen LogP contribution < -0.4 is 0 Å². The summed E-state index contributed by atoms with van der Waals surface area (Å²) in [6, 6.07) is -0.680. The molecule has 6 nitrogen and oxygen atoms in total. The third-order valence-corrected chi connectivity index (χ3v) is 5.72. The molecule has 3 fully saturated rings. The standard InChI is InChI=1S/C16H23NO5/c1-22-16(21)11-7-6-10(11)14(18)17-12-5-3-2-4-9(12)8-13(17)15(19)20/h9-13H,2-8H2,1H3,(H,19,20)/t9?,10-,11+,12?,13?/m0/s1. The Morgan fingerprint density at radius 2 is 1.73 bits per heavy atom. The molecule has 3 aliphatic rings. The van der Waals surface area contributed by atoms with Gasteiger partial charge in [-0.2, -0.15) is 0 Å². The van der Waals surface area contributed by atoms with Crippen LogP contribution in [0.25, 0.3) is 0 Å². The fraction of sp³-hybridized carbons (Fsp3) is 0.812. The van der Waals surface area contributed by atoms with E-state index in [0.29, 0.717) is 25.2 Å². The highest BCUT2D eigenvalue weighted by Crippen LogP contribution is 2.44. The minimum absolute atomic E-state index is 0.0428. The van der Waals surface area contributed by atoms with Crippen molar-refractivity contribution in [3.8, 4) is 0 Å². The van der Waals surface area contributed by atoms with Gasteiger partial charge in [-0.1, -0.05) is 12.8 Å². The molecule has 1 saturated heterocycles. The van der Waals surface area contributed by atoms with E-state index < -0.39 is 23.8 Å². The zero-order valence-corrected chi connectivity index (χ0v) is 12.9. The van der Waals surface area contributed by atoms with E-state index in [1.807, 2.05) is 0 Å². The Hall–Kier alpha value is -1.59. The van der Waals surface area contributed by atoms with E-state index in [-0.39, 0.29) is 17.9 Å². The Labute approximate surface area is 129 Å². The van der Waals surface area contributed by atoms with Crippen LogP contribution in [0.15, 0.2) is 0 Å². The van der Waals surface area contributed by atoms with Crippen LogP contribution in [-0.2, 0) is 19.1 Å². The molecular formula is C16H23NO5. The average Bonchev–Trinajstić information content (AvgIpc) is 2.85. The molecule has 0 aromatic heterocycles. The monoisotopic (exact) mass is 309 g/mol. The van der Waals surface area contributed by atoms with Crippen molar-refractivity contribution in [2.24, 2.45) is 17.8 Å². The van der Waals surface area contributed by atoms with Crippen LogP contribution in [0.1, 0.15) is 44.9 Å². The number of ether oxygens (including phenoxy) is 1. The van der Waals surface area contributed by atoms with Gasteiger partial charge in [0.15, 0.2) is 0 Å². The number of methoxy groups -OCH3 is 1. The summed E-state index contributed by atoms with van der Waals surface area (Å²) in [7, 11) is 1.33. The topological polar surface area (TPSA) is 83.9 Å². The van der Waals surface area contributed by atoms with Crippen molar-refractivity contribution in [2.75, 3.05) is 7.11 Å². The largest absolute Gasteiger partial charge is 0.480 e. The number of likely N-dealkylation sites (tertiary alicyclic amines) is 1. The third kappa shape index (κ3) is 2.38. The van der Waals surface area contributed by atoms with Crippen LogP contribution in [0.4, 0.5) is 0 Å². The van der Waals surface area contributed by atoms with Crippen LogP contribution in [0.3, 0.4) is 0 Å². The zero-order chi connectivity index (χ0) is 15.9. The number of carboxylic acids is 1. The summed E-state index contributed by atoms with van der Waals surface area (Å²) in [6.07, 6.45) is 5.91. The van der Waals surface area contributed by atoms with Gasteiger partial charge in [0.1, 0.15) is 6.04 Å². The number of aliphatic carboxylic acids is 1. The number of nitrogens with zero attached hydrogens (tertiary/aromatic N) is 1. The second-order valence-electron chi connectivity index (χ2n) is 6.76. The van der Waals surface area contributed by atoms with Gasteiger partial charge in [0.25, 0.3) is 0 Å². The molecule has 0 aromatic carbocycles. The number of carbonyl (C=O) groups is 3. The summed E-state index contributed by atoms with van der Waals surface area (Å²) in [6.45, 7) is 0. The average molecular weight is 309 g/mol. The number of fused-ring (bicyclic) bond motifs is 1. The summed E-state index contributed by atoms with van der Waals surface area (Å²) in [5, 5.41) is 9.49. The van der Waals surface area contributed by atoms with Crippen molar-refractivity contribution in [3.63, 3.8) is 0 Å². The Morgan fingerprint density at radius 1 is 1.05 bits per heavy atom. The fourth-order valence-corrected chi connectivity index (χ4v) is 4.42. The van der Waals surface area contributed by atoms with Gasteiger partial charge in [-0.15, -0.1) is 0 Å². The van der Waals surface area contributed by atoms with Crippen LogP contribution in [-0.4, -0.2) is 47.0 Å². The van der Waals surface area contributed by atoms with Gasteiger partial charge in [0.05, 0.1) is 18.9 Å². The maximum absolute atomic E-state index is 12.9. The third-order valence-electron chi connectivity index (χ3n) is 5.72. The second-order valence-corrected chi connectivity index (χ2v) is 6.76. The molecule has 2 aliphatic carbocycles. The Kier molecular flexibility index (Phi) is 4.10. The highest BCUT2D eigenvalue weighted by atomic mass is 16.5. The molecule has 22 heavy (non-hydrogen) atoms. The van der Waals surface area contributed by atoms with Crippen molar-refractivity contribution in [3.05, 3.63) is 0 Å². The molecule has 0 spiro atoms. The van der Waals surface area contributed by atoms with E-state index in [1.54, 1.807) is 4.90 Å². The molecular weight excluding hydrogens is 286 g/mol. The van der Waals surface area contributed by atoms with E-state index >= 15 is 0 Å². The number of hydrogen-bond donors (Lipinski definition) is 1. The molecule has 1 amide bonds. The first kappa shape index (κ1) is 15.3. The second kappa shape index (κ2) is 5.89. The van der Waals surface area contributed by atoms with Crippen molar-refractivity contribution in [2.45, 2.75) is 57.0 Å². The molecule has 3 rings (SSSR count). The first-order valence-electron chi connectivity index (χ1n) is 8.17. The van der Waals surface area contributed by atoms with Gasteiger partial charge < -0.3 is 14.7 Å². The minimum atomic E-state index is -0.920. The van der Waals surface area contributed by atoms with E-state index in [0.717, 1.165) is 25.7 Å². The summed E-state index contributed by atoms with van der Waals surface area (Å²) in [5.41, 5.74) is 0. The van der Waals surface area contributed by atoms with Gasteiger partial charge in [-0.3, -0.25) is 9.59 Å². The number of hydrogen-bond acceptors (Lipinski definition) is 4. The zero-order valence-electron chi connectivity index (χ0n) is 12.9. The van der Waals surface area contributed by atoms with Crippen LogP contribution in [0, 0.1) is 17.8 Å². The molecule has 122 valence electrons. The number of rotatable bonds is 3. The normalized spacial score (nSPS) is 37.1. The number of carbonyl (C=O) groups excluding carboxylic acids is 2. The van der Waals surface area contributed by atoms with E-state index in [2.05, 4.69) is 0 Å². The van der Waals surface area contributed by atoms with Gasteiger partial charge in [-0.25, -0.2) is 4.79 Å². The predicted octanol–water partition coefficient (Wildman–Crippen LogP) is 1.43. The number of amides is 1. The maximum atomic E-state index is 12.9. The molecule has 1 aliphatic heterocycles. The van der Waals surface area contributed by atoms with Crippen molar-refractivity contribution in [1.82, 2.24) is 4.90 Å². The summed E-state index contributed by atoms with van der Waals surface area (Å²) >= 11 is 0. The van der Waals surface area contributed by atoms with Gasteiger partial charge in [0, 0.05) is 6.04 Å². The Bertz CT molecular complexity index is 491. The van der Waals surface area contributed by atoms with Gasteiger partial charge in [0.2, 0.25) is 5.91 Å². The Morgan fingerprint density at radius 3 is 2.32 bits per heavy atom. The molecule has 2 saturated carbocycles. The van der Waals surface area contributed by atoms with Crippen molar-refractivity contribution in [1.29, 1.82) is 0 Å². The van der Waals surface area contributed by atoms with E-state index in [4.69, 9.17) is 4.74 Å². The predicted molar refractivity (Wildman–Crippen MR) is 76.9 cm³/mol. The van der Waals surface area contributed by atoms with E-state index in [9.17, 15) is 19.5 Å². The van der Waals surface area contributed by atoms with Crippen LogP contribution in [0.5, 0.6) is 0 Å². The van der Waals surface area contributed by atoms with Gasteiger partial charge in [-0.05, 0) is 38.0 Å². The first-order chi connectivity index (χ1) is 10.5. The Balaban J connectivity index is 1.79. The van der Waals surface area contributed by atoms with Crippen LogP contribution >= 0.6 is 0 Å². The van der Waals surface area contributed by atoms with E-state index in [1.165, 1.54) is 7.11 Å². The first-order valence-corrected chi connectivity index (χ1v) is 8.17. The smallest absolute Gasteiger partial charge is 0.326 e. The number of esters is 1. The minimum Gasteiger partial charge on any atom is -0.480 e. The summed E-state index contributed by atoms with van der Waals surface area (Å²) < 4.78 is 4.75. The fourth-order valence-electron chi connectivity index (χ4n) is 4.42. The molecule has 1 N–H and O–H groups in total. The van der Waals surface area contributed by atoms with Crippen molar-refractivity contribution < 1.29 is 24.2 Å². The highest BCUT2D eigenvalue weighted by Gasteiger charge is 2.52. The lowest BCUT2D eigenvalue weighted by Crippen LogP contribution is -2.53. The highest BCUT2D eigenvalue weighted by molar-refractivity contribution is 5.90. The molecule has 0 bridgehead atoms. The lowest BCUT2D eigenvalue weighted by Gasteiger charge is -2.40. The lowest BCUT2D eigenvalue weighted by atomic mass is 9.72. The lowest BCUT2D eigenvalue weighted by molar-refractivity contribution is -0.163. The molecule has 3 unspecified atom stereocenters. The molecule has 6 heteroatoms. The molecule has 1 heterocycles.